The first-order chi connectivity index (χ1) is 8.67. The molecule has 0 saturated carbocycles. The van der Waals surface area contributed by atoms with Gasteiger partial charge in [0.1, 0.15) is 0 Å². The molecule has 5 heteroatoms. The molecule has 1 saturated heterocycles. The molecule has 0 atom stereocenters. The van der Waals surface area contributed by atoms with Gasteiger partial charge in [0, 0.05) is 19.1 Å². The zero-order valence-corrected chi connectivity index (χ0v) is 11.7. The van der Waals surface area contributed by atoms with Crippen molar-refractivity contribution >= 4 is 6.03 Å². The summed E-state index contributed by atoms with van der Waals surface area (Å²) < 4.78 is 0. The van der Waals surface area contributed by atoms with Gasteiger partial charge in [0.2, 0.25) is 0 Å². The van der Waals surface area contributed by atoms with Gasteiger partial charge in [0.15, 0.2) is 0 Å². The van der Waals surface area contributed by atoms with Crippen LogP contribution in [0, 0.1) is 0 Å². The van der Waals surface area contributed by atoms with Crippen LogP contribution in [0.5, 0.6) is 0 Å². The van der Waals surface area contributed by atoms with Crippen molar-refractivity contribution in [1.82, 2.24) is 15.1 Å². The van der Waals surface area contributed by atoms with Gasteiger partial charge in [-0.2, -0.15) is 0 Å². The Balaban J connectivity index is 2.35. The molecule has 0 aliphatic carbocycles. The topological polar surface area (TPSA) is 55.8 Å². The molecule has 18 heavy (non-hydrogen) atoms. The Kier molecular flexibility index (Phi) is 7.05. The molecular weight excluding hydrogens is 230 g/mol. The number of aliphatic hydroxyl groups is 1. The highest BCUT2D eigenvalue weighted by molar-refractivity contribution is 5.74. The molecule has 0 aromatic heterocycles. The molecule has 1 heterocycles. The highest BCUT2D eigenvalue weighted by atomic mass is 16.3. The Hall–Kier alpha value is -0.810. The van der Waals surface area contributed by atoms with Crippen molar-refractivity contribution in [1.29, 1.82) is 0 Å². The van der Waals surface area contributed by atoms with Crippen LogP contribution in [-0.4, -0.2) is 66.8 Å². The van der Waals surface area contributed by atoms with Crippen LogP contribution in [0.3, 0.4) is 0 Å². The zero-order chi connectivity index (χ0) is 13.4. The van der Waals surface area contributed by atoms with Crippen molar-refractivity contribution in [3.05, 3.63) is 0 Å². The van der Waals surface area contributed by atoms with Gasteiger partial charge in [-0.25, -0.2) is 4.79 Å². The highest BCUT2D eigenvalue weighted by Crippen LogP contribution is 2.09. The van der Waals surface area contributed by atoms with Gasteiger partial charge in [0.25, 0.3) is 0 Å². The molecule has 0 radical (unpaired) electrons. The summed E-state index contributed by atoms with van der Waals surface area (Å²) >= 11 is 0. The van der Waals surface area contributed by atoms with E-state index >= 15 is 0 Å². The summed E-state index contributed by atoms with van der Waals surface area (Å²) in [6, 6.07) is 0.267. The van der Waals surface area contributed by atoms with Crippen LogP contribution in [0.1, 0.15) is 32.6 Å². The van der Waals surface area contributed by atoms with E-state index in [0.29, 0.717) is 6.54 Å². The van der Waals surface area contributed by atoms with E-state index in [1.165, 1.54) is 0 Å². The first-order valence-corrected chi connectivity index (χ1v) is 7.02. The summed E-state index contributed by atoms with van der Waals surface area (Å²) in [6.07, 6.45) is 4.08. The van der Waals surface area contributed by atoms with E-state index in [1.807, 2.05) is 0 Å². The van der Waals surface area contributed by atoms with Gasteiger partial charge in [-0.3, -0.25) is 0 Å². The van der Waals surface area contributed by atoms with Crippen LogP contribution in [-0.2, 0) is 0 Å². The van der Waals surface area contributed by atoms with Gasteiger partial charge in [0.05, 0.1) is 6.61 Å². The lowest BCUT2D eigenvalue weighted by molar-refractivity contribution is 0.165. The largest absolute Gasteiger partial charge is 0.395 e. The van der Waals surface area contributed by atoms with E-state index in [-0.39, 0.29) is 18.7 Å². The van der Waals surface area contributed by atoms with Gasteiger partial charge < -0.3 is 20.2 Å². The van der Waals surface area contributed by atoms with Crippen molar-refractivity contribution in [2.45, 2.75) is 38.6 Å². The monoisotopic (exact) mass is 257 g/mol. The summed E-state index contributed by atoms with van der Waals surface area (Å²) in [4.78, 5) is 16.1. The fourth-order valence-electron chi connectivity index (χ4n) is 2.20. The highest BCUT2D eigenvalue weighted by Gasteiger charge is 2.20. The lowest BCUT2D eigenvalue weighted by atomic mass is 10.1. The van der Waals surface area contributed by atoms with E-state index in [9.17, 15) is 4.79 Å². The Morgan fingerprint density at radius 1 is 1.39 bits per heavy atom. The smallest absolute Gasteiger partial charge is 0.317 e. The molecule has 0 bridgehead atoms. The molecule has 0 aromatic rings. The molecular formula is C13H27N3O2. The van der Waals surface area contributed by atoms with Crippen LogP contribution >= 0.6 is 0 Å². The molecule has 5 nitrogen and oxygen atoms in total. The minimum absolute atomic E-state index is 0.0212. The van der Waals surface area contributed by atoms with Crippen molar-refractivity contribution < 1.29 is 9.90 Å². The molecule has 1 rings (SSSR count). The van der Waals surface area contributed by atoms with E-state index in [4.69, 9.17) is 5.11 Å². The maximum Gasteiger partial charge on any atom is 0.317 e. The number of likely N-dealkylation sites (tertiary alicyclic amines) is 1. The Bertz CT molecular complexity index is 240. The first-order valence-electron chi connectivity index (χ1n) is 7.02. The second-order valence-corrected chi connectivity index (χ2v) is 5.09. The van der Waals surface area contributed by atoms with Crippen LogP contribution in [0.25, 0.3) is 0 Å². The number of piperidine rings is 1. The fraction of sp³-hybridized carbons (Fsp3) is 0.923. The van der Waals surface area contributed by atoms with E-state index in [1.54, 1.807) is 4.90 Å². The van der Waals surface area contributed by atoms with Gasteiger partial charge in [-0.1, -0.05) is 13.3 Å². The SMILES string of the molecule is CCCCN(CCO)C(=O)NC1CCN(C)CC1. The number of nitrogens with one attached hydrogen (secondary N) is 1. The van der Waals surface area contributed by atoms with E-state index in [2.05, 4.69) is 24.2 Å². The third kappa shape index (κ3) is 5.23. The van der Waals surface area contributed by atoms with Crippen LogP contribution in [0.2, 0.25) is 0 Å². The molecule has 2 amide bonds. The number of nitrogens with zero attached hydrogens (tertiary/aromatic N) is 2. The summed E-state index contributed by atoms with van der Waals surface area (Å²) in [7, 11) is 2.11. The third-order valence-electron chi connectivity index (χ3n) is 3.48. The van der Waals surface area contributed by atoms with Gasteiger partial charge in [-0.05, 0) is 39.4 Å². The number of urea groups is 1. The maximum absolute atomic E-state index is 12.1. The molecule has 1 aliphatic heterocycles. The molecule has 0 unspecified atom stereocenters. The second kappa shape index (κ2) is 8.32. The molecule has 0 spiro atoms. The van der Waals surface area contributed by atoms with Crippen molar-refractivity contribution in [2.75, 3.05) is 39.8 Å². The summed E-state index contributed by atoms with van der Waals surface area (Å²) in [5, 5.41) is 12.1. The normalized spacial score (nSPS) is 17.7. The average molecular weight is 257 g/mol. The maximum atomic E-state index is 12.1. The Morgan fingerprint density at radius 3 is 2.61 bits per heavy atom. The van der Waals surface area contributed by atoms with E-state index < -0.39 is 0 Å². The Morgan fingerprint density at radius 2 is 2.06 bits per heavy atom. The lowest BCUT2D eigenvalue weighted by Gasteiger charge is -2.31. The number of rotatable bonds is 6. The average Bonchev–Trinajstić information content (AvgIpc) is 2.37. The number of carbonyl (C=O) groups excluding carboxylic acids is 1. The Labute approximate surface area is 110 Å². The van der Waals surface area contributed by atoms with Crippen molar-refractivity contribution in [2.24, 2.45) is 0 Å². The third-order valence-corrected chi connectivity index (χ3v) is 3.48. The van der Waals surface area contributed by atoms with Crippen molar-refractivity contribution in [3.8, 4) is 0 Å². The predicted octanol–water partition coefficient (Wildman–Crippen LogP) is 0.885. The number of unbranched alkanes of at least 4 members (excludes halogenated alkanes) is 1. The minimum Gasteiger partial charge on any atom is -0.395 e. The number of carbonyl (C=O) groups is 1. The van der Waals surface area contributed by atoms with Gasteiger partial charge in [-0.15, -0.1) is 0 Å². The molecule has 1 aliphatic rings. The summed E-state index contributed by atoms with van der Waals surface area (Å²) in [5.41, 5.74) is 0. The van der Waals surface area contributed by atoms with E-state index in [0.717, 1.165) is 45.3 Å². The van der Waals surface area contributed by atoms with Crippen LogP contribution < -0.4 is 5.32 Å². The standard InChI is InChI=1S/C13H27N3O2/c1-3-4-7-16(10-11-17)13(18)14-12-5-8-15(2)9-6-12/h12,17H,3-11H2,1-2H3,(H,14,18). The van der Waals surface area contributed by atoms with Gasteiger partial charge >= 0.3 is 6.03 Å². The number of hydrogen-bond donors (Lipinski definition) is 2. The first kappa shape index (κ1) is 15.2. The van der Waals surface area contributed by atoms with Crippen LogP contribution in [0.15, 0.2) is 0 Å². The number of aliphatic hydroxyl groups excluding tert-OH is 1. The number of hydrogen-bond acceptors (Lipinski definition) is 3. The number of amides is 2. The molecule has 2 N–H and O–H groups in total. The molecule has 0 aromatic carbocycles. The zero-order valence-electron chi connectivity index (χ0n) is 11.7. The predicted molar refractivity (Wildman–Crippen MR) is 72.6 cm³/mol. The lowest BCUT2D eigenvalue weighted by Crippen LogP contribution is -2.49. The second-order valence-electron chi connectivity index (χ2n) is 5.09. The van der Waals surface area contributed by atoms with Crippen molar-refractivity contribution in [3.63, 3.8) is 0 Å². The minimum atomic E-state index is -0.0212. The molecule has 106 valence electrons. The summed E-state index contributed by atoms with van der Waals surface area (Å²) in [5.74, 6) is 0. The summed E-state index contributed by atoms with van der Waals surface area (Å²) in [6.45, 7) is 5.38. The fourth-order valence-corrected chi connectivity index (χ4v) is 2.20. The molecule has 1 fully saturated rings. The van der Waals surface area contributed by atoms with Crippen LogP contribution in [0.4, 0.5) is 4.79 Å². The quantitative estimate of drug-likeness (QED) is 0.743.